The third kappa shape index (κ3) is 5.13. The fourth-order valence-electron chi connectivity index (χ4n) is 2.64. The number of anilines is 2. The number of hydrogen-bond acceptors (Lipinski definition) is 4. The normalized spacial score (nSPS) is 11.4. The molecule has 7 nitrogen and oxygen atoms in total. The molecular formula is C21H20FN3O4. The lowest BCUT2D eigenvalue weighted by atomic mass is 10.1. The zero-order valence-corrected chi connectivity index (χ0v) is 15.9. The van der Waals surface area contributed by atoms with Crippen molar-refractivity contribution in [2.45, 2.75) is 13.0 Å². The number of urea groups is 1. The lowest BCUT2D eigenvalue weighted by molar-refractivity contribution is 0.0996. The molecule has 3 N–H and O–H groups in total. The molecule has 8 heteroatoms. The van der Waals surface area contributed by atoms with Gasteiger partial charge in [-0.3, -0.25) is 4.79 Å². The Hall–Kier alpha value is -3.81. The molecule has 0 radical (unpaired) electrons. The summed E-state index contributed by atoms with van der Waals surface area (Å²) in [6, 6.07) is 13.4. The molecule has 150 valence electrons. The van der Waals surface area contributed by atoms with Crippen LogP contribution in [0.15, 0.2) is 65.3 Å². The molecular weight excluding hydrogens is 377 g/mol. The Kier molecular flexibility index (Phi) is 6.13. The molecule has 0 saturated heterocycles. The minimum absolute atomic E-state index is 0.143. The Bertz CT molecular complexity index is 988. The number of benzene rings is 2. The first-order valence-electron chi connectivity index (χ1n) is 8.82. The van der Waals surface area contributed by atoms with E-state index >= 15 is 0 Å². The Balaban J connectivity index is 1.55. The van der Waals surface area contributed by atoms with E-state index < -0.39 is 17.9 Å². The molecule has 1 heterocycles. The van der Waals surface area contributed by atoms with Gasteiger partial charge in [-0.2, -0.15) is 0 Å². The van der Waals surface area contributed by atoms with E-state index in [-0.39, 0.29) is 17.4 Å². The average Bonchev–Trinajstić information content (AvgIpc) is 3.24. The van der Waals surface area contributed by atoms with Crippen molar-refractivity contribution in [3.05, 3.63) is 78.0 Å². The summed E-state index contributed by atoms with van der Waals surface area (Å²) in [7, 11) is 1.39. The second-order valence-corrected chi connectivity index (χ2v) is 6.22. The maximum absolute atomic E-state index is 13.8. The van der Waals surface area contributed by atoms with Gasteiger partial charge >= 0.3 is 6.03 Å². The molecule has 0 fully saturated rings. The predicted molar refractivity (Wildman–Crippen MR) is 107 cm³/mol. The van der Waals surface area contributed by atoms with Crippen LogP contribution < -0.4 is 20.7 Å². The molecule has 3 amide bonds. The highest BCUT2D eigenvalue weighted by Crippen LogP contribution is 2.22. The first-order valence-corrected chi connectivity index (χ1v) is 8.82. The molecule has 29 heavy (non-hydrogen) atoms. The Morgan fingerprint density at radius 1 is 1.03 bits per heavy atom. The van der Waals surface area contributed by atoms with Gasteiger partial charge in [0.25, 0.3) is 5.91 Å². The van der Waals surface area contributed by atoms with Gasteiger partial charge in [0.1, 0.15) is 0 Å². The molecule has 3 rings (SSSR count). The molecule has 3 aromatic rings. The molecule has 0 aliphatic rings. The zero-order chi connectivity index (χ0) is 20.8. The van der Waals surface area contributed by atoms with Crippen LogP contribution in [0.5, 0.6) is 5.75 Å². The largest absolute Gasteiger partial charge is 0.494 e. The smallest absolute Gasteiger partial charge is 0.319 e. The topological polar surface area (TPSA) is 92.6 Å². The minimum atomic E-state index is -0.494. The number of carbonyl (C=O) groups excluding carboxylic acids is 2. The van der Waals surface area contributed by atoms with E-state index in [0.29, 0.717) is 16.9 Å². The van der Waals surface area contributed by atoms with Crippen molar-refractivity contribution in [3.8, 4) is 5.75 Å². The SMILES string of the molecule is COc1ccc([C@@H](C)NC(=O)Nc2ccc(NC(=O)c3ccco3)cc2)cc1F. The molecule has 0 bridgehead atoms. The number of furan rings is 1. The van der Waals surface area contributed by atoms with Gasteiger partial charge in [-0.25, -0.2) is 9.18 Å². The number of rotatable bonds is 6. The maximum atomic E-state index is 13.8. The number of ether oxygens (including phenoxy) is 1. The summed E-state index contributed by atoms with van der Waals surface area (Å²) in [5.41, 5.74) is 1.69. The second kappa shape index (κ2) is 8.92. The number of amides is 3. The number of hydrogen-bond donors (Lipinski definition) is 3. The first-order chi connectivity index (χ1) is 14.0. The maximum Gasteiger partial charge on any atom is 0.319 e. The third-order valence-corrected chi connectivity index (χ3v) is 4.17. The minimum Gasteiger partial charge on any atom is -0.494 e. The van der Waals surface area contributed by atoms with Gasteiger partial charge in [-0.15, -0.1) is 0 Å². The Morgan fingerprint density at radius 3 is 2.31 bits per heavy atom. The lowest BCUT2D eigenvalue weighted by Gasteiger charge is -2.16. The van der Waals surface area contributed by atoms with Gasteiger partial charge in [0, 0.05) is 11.4 Å². The van der Waals surface area contributed by atoms with Crippen molar-refractivity contribution >= 4 is 23.3 Å². The fourth-order valence-corrected chi connectivity index (χ4v) is 2.64. The molecule has 0 aliphatic carbocycles. The quantitative estimate of drug-likeness (QED) is 0.568. The monoisotopic (exact) mass is 397 g/mol. The summed E-state index contributed by atoms with van der Waals surface area (Å²) in [5, 5.41) is 8.11. The van der Waals surface area contributed by atoms with Crippen LogP contribution in [-0.4, -0.2) is 19.0 Å². The van der Waals surface area contributed by atoms with E-state index in [9.17, 15) is 14.0 Å². The van der Waals surface area contributed by atoms with E-state index in [1.54, 1.807) is 49.4 Å². The van der Waals surface area contributed by atoms with Gasteiger partial charge in [0.15, 0.2) is 17.3 Å². The molecule has 0 aliphatic heterocycles. The number of methoxy groups -OCH3 is 1. The Morgan fingerprint density at radius 2 is 1.72 bits per heavy atom. The van der Waals surface area contributed by atoms with E-state index in [1.165, 1.54) is 25.5 Å². The van der Waals surface area contributed by atoms with Crippen LogP contribution in [0.2, 0.25) is 0 Å². The van der Waals surface area contributed by atoms with Crippen molar-refractivity contribution in [1.29, 1.82) is 0 Å². The number of nitrogens with one attached hydrogen (secondary N) is 3. The summed E-state index contributed by atoms with van der Waals surface area (Å²) >= 11 is 0. The second-order valence-electron chi connectivity index (χ2n) is 6.22. The van der Waals surface area contributed by atoms with Crippen LogP contribution in [-0.2, 0) is 0 Å². The lowest BCUT2D eigenvalue weighted by Crippen LogP contribution is -2.31. The van der Waals surface area contributed by atoms with Crippen molar-refractivity contribution in [2.24, 2.45) is 0 Å². The van der Waals surface area contributed by atoms with Crippen LogP contribution >= 0.6 is 0 Å². The van der Waals surface area contributed by atoms with Crippen molar-refractivity contribution in [2.75, 3.05) is 17.7 Å². The van der Waals surface area contributed by atoms with Crippen molar-refractivity contribution in [1.82, 2.24) is 5.32 Å². The van der Waals surface area contributed by atoms with Crippen molar-refractivity contribution < 1.29 is 23.1 Å². The van der Waals surface area contributed by atoms with E-state index in [2.05, 4.69) is 16.0 Å². The highest BCUT2D eigenvalue weighted by atomic mass is 19.1. The summed E-state index contributed by atoms with van der Waals surface area (Å²) in [6.45, 7) is 1.74. The molecule has 0 saturated carbocycles. The van der Waals surface area contributed by atoms with Crippen LogP contribution in [0.25, 0.3) is 0 Å². The van der Waals surface area contributed by atoms with E-state index in [4.69, 9.17) is 9.15 Å². The molecule has 0 spiro atoms. The van der Waals surface area contributed by atoms with Gasteiger partial charge in [0.2, 0.25) is 0 Å². The van der Waals surface area contributed by atoms with Gasteiger partial charge in [-0.1, -0.05) is 6.07 Å². The first kappa shape index (κ1) is 19.9. The van der Waals surface area contributed by atoms with Crippen LogP contribution in [0.1, 0.15) is 29.1 Å². The molecule has 2 aromatic carbocycles. The van der Waals surface area contributed by atoms with Crippen LogP contribution in [0.4, 0.5) is 20.6 Å². The predicted octanol–water partition coefficient (Wildman–Crippen LogP) is 4.56. The van der Waals surface area contributed by atoms with Crippen molar-refractivity contribution in [3.63, 3.8) is 0 Å². The van der Waals surface area contributed by atoms with Gasteiger partial charge in [-0.05, 0) is 61.0 Å². The Labute approximate surface area is 166 Å². The van der Waals surface area contributed by atoms with Gasteiger partial charge < -0.3 is 25.1 Å². The molecule has 0 unspecified atom stereocenters. The molecule has 1 atom stereocenters. The van der Waals surface area contributed by atoms with Gasteiger partial charge in [0.05, 0.1) is 19.4 Å². The summed E-state index contributed by atoms with van der Waals surface area (Å²) in [6.07, 6.45) is 1.42. The number of carbonyl (C=O) groups is 2. The standard InChI is InChI=1S/C21H20FN3O4/c1-13(14-5-10-18(28-2)17(22)12-14)23-21(27)25-16-8-6-15(7-9-16)24-20(26)19-4-3-11-29-19/h3-13H,1-2H3,(H,24,26)(H2,23,25,27)/t13-/m1/s1. The highest BCUT2D eigenvalue weighted by molar-refractivity contribution is 6.02. The third-order valence-electron chi connectivity index (χ3n) is 4.17. The molecule has 1 aromatic heterocycles. The zero-order valence-electron chi connectivity index (χ0n) is 15.9. The summed E-state index contributed by atoms with van der Waals surface area (Å²) in [5.74, 6) is -0.514. The van der Waals surface area contributed by atoms with E-state index in [1.807, 2.05) is 0 Å². The van der Waals surface area contributed by atoms with Crippen LogP contribution in [0.3, 0.4) is 0 Å². The average molecular weight is 397 g/mol. The summed E-state index contributed by atoms with van der Waals surface area (Å²) in [4.78, 5) is 24.1. The van der Waals surface area contributed by atoms with Crippen LogP contribution in [0, 0.1) is 5.82 Å². The number of halogens is 1. The summed E-state index contributed by atoms with van der Waals surface area (Å²) < 4.78 is 23.7. The fraction of sp³-hybridized carbons (Fsp3) is 0.143. The highest BCUT2D eigenvalue weighted by Gasteiger charge is 2.13. The van der Waals surface area contributed by atoms with E-state index in [0.717, 1.165) is 0 Å².